The Balaban J connectivity index is 2.07. The highest BCUT2D eigenvalue weighted by atomic mass is 32.1. The maximum Gasteiger partial charge on any atom is 0.254 e. The Labute approximate surface area is 87.5 Å². The summed E-state index contributed by atoms with van der Waals surface area (Å²) in [4.78, 5) is 13.7. The molecule has 4 heteroatoms. The van der Waals surface area contributed by atoms with Crippen molar-refractivity contribution in [3.63, 3.8) is 0 Å². The number of rotatable bonds is 1. The molecule has 0 aliphatic carbocycles. The van der Waals surface area contributed by atoms with Gasteiger partial charge >= 0.3 is 0 Å². The van der Waals surface area contributed by atoms with Gasteiger partial charge in [0.2, 0.25) is 0 Å². The molecule has 1 amide bonds. The molecule has 2 unspecified atom stereocenters. The highest BCUT2D eigenvalue weighted by molar-refractivity contribution is 7.08. The van der Waals surface area contributed by atoms with Crippen LogP contribution >= 0.6 is 11.3 Å². The van der Waals surface area contributed by atoms with Gasteiger partial charge in [-0.05, 0) is 17.4 Å². The molecule has 2 atom stereocenters. The van der Waals surface area contributed by atoms with Gasteiger partial charge in [0, 0.05) is 24.5 Å². The van der Waals surface area contributed by atoms with Crippen molar-refractivity contribution < 1.29 is 4.79 Å². The van der Waals surface area contributed by atoms with E-state index in [0.717, 1.165) is 12.1 Å². The molecule has 0 saturated carbocycles. The van der Waals surface area contributed by atoms with Gasteiger partial charge in [-0.15, -0.1) is 0 Å². The summed E-state index contributed by atoms with van der Waals surface area (Å²) >= 11 is 1.55. The molecule has 1 saturated heterocycles. The van der Waals surface area contributed by atoms with Gasteiger partial charge < -0.3 is 10.6 Å². The first kappa shape index (κ1) is 9.68. The van der Waals surface area contributed by atoms with Crippen molar-refractivity contribution in [1.29, 1.82) is 0 Å². The van der Waals surface area contributed by atoms with Crippen molar-refractivity contribution in [3.8, 4) is 0 Å². The normalized spacial score (nSPS) is 26.9. The molecule has 1 aromatic heterocycles. The first-order valence-electron chi connectivity index (χ1n) is 4.75. The molecule has 0 aromatic carbocycles. The fourth-order valence-electron chi connectivity index (χ4n) is 1.73. The first-order chi connectivity index (χ1) is 6.68. The van der Waals surface area contributed by atoms with Gasteiger partial charge in [-0.25, -0.2) is 0 Å². The lowest BCUT2D eigenvalue weighted by Crippen LogP contribution is -2.31. The van der Waals surface area contributed by atoms with Crippen molar-refractivity contribution in [1.82, 2.24) is 4.90 Å². The van der Waals surface area contributed by atoms with E-state index < -0.39 is 0 Å². The second-order valence-corrected chi connectivity index (χ2v) is 4.64. The second-order valence-electron chi connectivity index (χ2n) is 3.86. The zero-order chi connectivity index (χ0) is 10.1. The van der Waals surface area contributed by atoms with Gasteiger partial charge in [0.15, 0.2) is 0 Å². The van der Waals surface area contributed by atoms with Gasteiger partial charge in [-0.3, -0.25) is 4.79 Å². The number of likely N-dealkylation sites (tertiary alicyclic amines) is 1. The fourth-order valence-corrected chi connectivity index (χ4v) is 2.36. The molecule has 0 radical (unpaired) electrons. The lowest BCUT2D eigenvalue weighted by Gasteiger charge is -2.14. The summed E-state index contributed by atoms with van der Waals surface area (Å²) in [5, 5.41) is 3.81. The highest BCUT2D eigenvalue weighted by Crippen LogP contribution is 2.18. The van der Waals surface area contributed by atoms with Crippen LogP contribution in [0.25, 0.3) is 0 Å². The van der Waals surface area contributed by atoms with E-state index in [2.05, 4.69) is 6.92 Å². The summed E-state index contributed by atoms with van der Waals surface area (Å²) in [6.45, 7) is 3.57. The summed E-state index contributed by atoms with van der Waals surface area (Å²) in [7, 11) is 0. The van der Waals surface area contributed by atoms with Gasteiger partial charge in [-0.1, -0.05) is 6.92 Å². The quantitative estimate of drug-likeness (QED) is 0.756. The van der Waals surface area contributed by atoms with Crippen LogP contribution in [0.4, 0.5) is 0 Å². The Morgan fingerprint density at radius 3 is 2.93 bits per heavy atom. The van der Waals surface area contributed by atoms with Crippen LogP contribution in [0, 0.1) is 5.92 Å². The van der Waals surface area contributed by atoms with E-state index in [1.54, 1.807) is 11.3 Å². The van der Waals surface area contributed by atoms with Crippen molar-refractivity contribution in [2.45, 2.75) is 13.0 Å². The molecule has 3 nitrogen and oxygen atoms in total. The van der Waals surface area contributed by atoms with E-state index in [-0.39, 0.29) is 11.9 Å². The molecular weight excluding hydrogens is 196 g/mol. The molecule has 2 heterocycles. The average molecular weight is 210 g/mol. The third kappa shape index (κ3) is 1.67. The van der Waals surface area contributed by atoms with Crippen LogP contribution in [0.5, 0.6) is 0 Å². The zero-order valence-electron chi connectivity index (χ0n) is 8.14. The highest BCUT2D eigenvalue weighted by Gasteiger charge is 2.30. The van der Waals surface area contributed by atoms with Crippen LogP contribution in [0.1, 0.15) is 17.3 Å². The molecule has 1 aliphatic rings. The van der Waals surface area contributed by atoms with E-state index in [4.69, 9.17) is 5.73 Å². The lowest BCUT2D eigenvalue weighted by atomic mass is 10.1. The number of carbonyl (C=O) groups is 1. The van der Waals surface area contributed by atoms with Crippen molar-refractivity contribution in [2.24, 2.45) is 11.7 Å². The Kier molecular flexibility index (Phi) is 2.56. The number of hydrogen-bond donors (Lipinski definition) is 1. The predicted molar refractivity (Wildman–Crippen MR) is 57.4 cm³/mol. The summed E-state index contributed by atoms with van der Waals surface area (Å²) in [5.74, 6) is 0.531. The Bertz CT molecular complexity index is 313. The fraction of sp³-hybridized carbons (Fsp3) is 0.500. The maximum atomic E-state index is 11.9. The number of carbonyl (C=O) groups excluding carboxylic acids is 1. The topological polar surface area (TPSA) is 46.3 Å². The molecule has 76 valence electrons. The van der Waals surface area contributed by atoms with Crippen LogP contribution in [-0.2, 0) is 0 Å². The predicted octanol–water partition coefficient (Wildman–Crippen LogP) is 1.17. The molecule has 14 heavy (non-hydrogen) atoms. The molecule has 1 fully saturated rings. The summed E-state index contributed by atoms with van der Waals surface area (Å²) in [6.07, 6.45) is 0. The third-order valence-corrected chi connectivity index (χ3v) is 3.41. The second kappa shape index (κ2) is 3.71. The number of hydrogen-bond acceptors (Lipinski definition) is 3. The van der Waals surface area contributed by atoms with Gasteiger partial charge in [0.05, 0.1) is 5.56 Å². The van der Waals surface area contributed by atoms with E-state index in [1.165, 1.54) is 0 Å². The van der Waals surface area contributed by atoms with E-state index in [1.807, 2.05) is 21.7 Å². The third-order valence-electron chi connectivity index (χ3n) is 2.73. The minimum atomic E-state index is 0.117. The van der Waals surface area contributed by atoms with E-state index in [9.17, 15) is 4.79 Å². The summed E-state index contributed by atoms with van der Waals surface area (Å²) in [6, 6.07) is 2.00. The molecule has 2 rings (SSSR count). The van der Waals surface area contributed by atoms with Gasteiger partial charge in [-0.2, -0.15) is 11.3 Å². The largest absolute Gasteiger partial charge is 0.337 e. The van der Waals surface area contributed by atoms with Crippen molar-refractivity contribution in [2.75, 3.05) is 13.1 Å². The molecule has 0 bridgehead atoms. The molecular formula is C10H14N2OS. The van der Waals surface area contributed by atoms with Crippen LogP contribution in [0.3, 0.4) is 0 Å². The Morgan fingerprint density at radius 2 is 2.43 bits per heavy atom. The summed E-state index contributed by atoms with van der Waals surface area (Å²) < 4.78 is 0. The van der Waals surface area contributed by atoms with Crippen LogP contribution in [0.2, 0.25) is 0 Å². The number of thiophene rings is 1. The molecule has 2 N–H and O–H groups in total. The summed E-state index contributed by atoms with van der Waals surface area (Å²) in [5.41, 5.74) is 6.66. The standard InChI is InChI=1S/C10H14N2OS/c1-7-4-12(5-9(7)11)10(13)8-2-3-14-6-8/h2-3,6-7,9H,4-5,11H2,1H3. The van der Waals surface area contributed by atoms with E-state index >= 15 is 0 Å². The number of nitrogens with two attached hydrogens (primary N) is 1. The SMILES string of the molecule is CC1CN(C(=O)c2ccsc2)CC1N. The first-order valence-corrected chi connectivity index (χ1v) is 5.70. The van der Waals surface area contributed by atoms with Gasteiger partial charge in [0.25, 0.3) is 5.91 Å². The number of amides is 1. The monoisotopic (exact) mass is 210 g/mol. The van der Waals surface area contributed by atoms with Crippen LogP contribution < -0.4 is 5.73 Å². The zero-order valence-corrected chi connectivity index (χ0v) is 8.96. The average Bonchev–Trinajstić information content (AvgIpc) is 2.76. The smallest absolute Gasteiger partial charge is 0.254 e. The maximum absolute atomic E-state index is 11.9. The minimum absolute atomic E-state index is 0.117. The molecule has 1 aromatic rings. The van der Waals surface area contributed by atoms with E-state index in [0.29, 0.717) is 12.5 Å². The number of nitrogens with zero attached hydrogens (tertiary/aromatic N) is 1. The van der Waals surface area contributed by atoms with Crippen molar-refractivity contribution >= 4 is 17.2 Å². The van der Waals surface area contributed by atoms with Crippen LogP contribution in [0.15, 0.2) is 16.8 Å². The Hall–Kier alpha value is -0.870. The van der Waals surface area contributed by atoms with Crippen molar-refractivity contribution in [3.05, 3.63) is 22.4 Å². The minimum Gasteiger partial charge on any atom is -0.337 e. The van der Waals surface area contributed by atoms with Crippen LogP contribution in [-0.4, -0.2) is 29.9 Å². The Morgan fingerprint density at radius 1 is 1.64 bits per heavy atom. The molecule has 1 aliphatic heterocycles. The van der Waals surface area contributed by atoms with Gasteiger partial charge in [0.1, 0.15) is 0 Å². The lowest BCUT2D eigenvalue weighted by molar-refractivity contribution is 0.0787. The molecule has 0 spiro atoms.